The van der Waals surface area contributed by atoms with Gasteiger partial charge in [0.25, 0.3) is 0 Å². The van der Waals surface area contributed by atoms with Crippen molar-refractivity contribution in [2.75, 3.05) is 13.7 Å². The zero-order valence-electron chi connectivity index (χ0n) is 18.9. The Morgan fingerprint density at radius 3 is 2.79 bits per heavy atom. The molecule has 2 aliphatic heterocycles. The van der Waals surface area contributed by atoms with E-state index in [9.17, 15) is 9.50 Å². The Morgan fingerprint density at radius 1 is 1.36 bits per heavy atom. The van der Waals surface area contributed by atoms with E-state index < -0.39 is 11.5 Å². The highest BCUT2D eigenvalue weighted by atomic mass is 19.1. The van der Waals surface area contributed by atoms with Gasteiger partial charge in [0, 0.05) is 26.0 Å². The van der Waals surface area contributed by atoms with E-state index in [0.717, 1.165) is 5.57 Å². The predicted molar refractivity (Wildman–Crippen MR) is 124 cm³/mol. The van der Waals surface area contributed by atoms with E-state index >= 15 is 0 Å². The van der Waals surface area contributed by atoms with Crippen LogP contribution in [0.15, 0.2) is 53.0 Å². The van der Waals surface area contributed by atoms with E-state index in [4.69, 9.17) is 21.9 Å². The molecule has 0 aliphatic carbocycles. The average Bonchev–Trinajstić information content (AvgIpc) is 3.05. The lowest BCUT2D eigenvalue weighted by Crippen LogP contribution is -2.42. The van der Waals surface area contributed by atoms with Crippen molar-refractivity contribution >= 4 is 11.6 Å². The van der Waals surface area contributed by atoms with Crippen molar-refractivity contribution in [2.24, 2.45) is 16.6 Å². The van der Waals surface area contributed by atoms with Gasteiger partial charge in [-0.25, -0.2) is 24.1 Å². The lowest BCUT2D eigenvalue weighted by molar-refractivity contribution is -0.193. The first kappa shape index (κ1) is 22.8. The Bertz CT molecular complexity index is 1170. The summed E-state index contributed by atoms with van der Waals surface area (Å²) < 4.78 is 20.5. The second-order valence-electron chi connectivity index (χ2n) is 8.64. The highest BCUT2D eigenvalue weighted by molar-refractivity contribution is 5.79. The Balaban J connectivity index is 1.82. The maximum atomic E-state index is 14.1. The van der Waals surface area contributed by atoms with Crippen LogP contribution in [0.5, 0.6) is 5.75 Å². The zero-order valence-corrected chi connectivity index (χ0v) is 18.9. The van der Waals surface area contributed by atoms with Crippen molar-refractivity contribution < 1.29 is 19.1 Å². The first-order chi connectivity index (χ1) is 15.7. The first-order valence-electron chi connectivity index (χ1n) is 10.8. The van der Waals surface area contributed by atoms with Crippen LogP contribution in [0.3, 0.4) is 0 Å². The summed E-state index contributed by atoms with van der Waals surface area (Å²) in [6.07, 6.45) is 2.73. The minimum atomic E-state index is -1.10. The molecule has 33 heavy (non-hydrogen) atoms. The van der Waals surface area contributed by atoms with Crippen LogP contribution in [0.4, 0.5) is 10.1 Å². The van der Waals surface area contributed by atoms with Crippen LogP contribution in [0.25, 0.3) is 16.0 Å². The van der Waals surface area contributed by atoms with E-state index in [1.54, 1.807) is 13.1 Å². The van der Waals surface area contributed by atoms with Crippen LogP contribution in [0, 0.1) is 18.3 Å². The molecule has 0 bridgehead atoms. The third-order valence-corrected chi connectivity index (χ3v) is 5.89. The molecule has 0 saturated heterocycles. The van der Waals surface area contributed by atoms with Crippen molar-refractivity contribution in [1.29, 1.82) is 0 Å². The number of fused-ring (bicyclic) bond motifs is 2. The number of aliphatic imine (C=N–C) groups is 1. The number of hydrogen-bond donors (Lipinski definition) is 2. The van der Waals surface area contributed by atoms with E-state index in [1.807, 2.05) is 32.0 Å². The maximum absolute atomic E-state index is 14.1. The first-order valence-corrected chi connectivity index (χ1v) is 10.8. The van der Waals surface area contributed by atoms with Crippen molar-refractivity contribution in [2.45, 2.75) is 38.5 Å². The second kappa shape index (κ2) is 8.85. The molecule has 3 atom stereocenters. The van der Waals surface area contributed by atoms with E-state index in [1.165, 1.54) is 17.2 Å². The molecule has 0 saturated carbocycles. The molecule has 0 fully saturated rings. The Morgan fingerprint density at radius 2 is 2.15 bits per heavy atom. The van der Waals surface area contributed by atoms with Gasteiger partial charge in [-0.15, -0.1) is 0 Å². The smallest absolute Gasteiger partial charge is 0.221 e. The monoisotopic (exact) mass is 450 g/mol. The Labute approximate surface area is 192 Å². The summed E-state index contributed by atoms with van der Waals surface area (Å²) in [5, 5.41) is 11.1. The SMILES string of the molecule is [C-]#[N+]c1cc(F)cc(-c2ccc3c(c2)C2(CC(C(C=C(C)C)CCO)O3)N=C(N)N(C)O2)c1. The van der Waals surface area contributed by atoms with Crippen LogP contribution in [0.2, 0.25) is 0 Å². The number of hydroxylamine groups is 2. The third-order valence-electron chi connectivity index (χ3n) is 5.89. The van der Waals surface area contributed by atoms with Crippen LogP contribution in [-0.4, -0.2) is 35.9 Å². The summed E-state index contributed by atoms with van der Waals surface area (Å²) >= 11 is 0. The molecule has 2 aromatic carbocycles. The number of benzene rings is 2. The maximum Gasteiger partial charge on any atom is 0.221 e. The van der Waals surface area contributed by atoms with E-state index in [0.29, 0.717) is 35.3 Å². The molecule has 0 radical (unpaired) electrons. The number of hydrogen-bond acceptors (Lipinski definition) is 6. The van der Waals surface area contributed by atoms with Gasteiger partial charge in [0.2, 0.25) is 11.7 Å². The molecule has 8 heteroatoms. The van der Waals surface area contributed by atoms with Gasteiger partial charge in [0.1, 0.15) is 17.7 Å². The summed E-state index contributed by atoms with van der Waals surface area (Å²) in [5.41, 5.74) is 8.29. The summed E-state index contributed by atoms with van der Waals surface area (Å²) in [7, 11) is 1.69. The molecular weight excluding hydrogens is 423 g/mol. The minimum Gasteiger partial charge on any atom is -0.489 e. The normalized spacial score (nSPS) is 22.2. The van der Waals surface area contributed by atoms with Gasteiger partial charge in [-0.3, -0.25) is 0 Å². The molecule has 2 aliphatic rings. The summed E-state index contributed by atoms with van der Waals surface area (Å²) in [6.45, 7) is 11.3. The largest absolute Gasteiger partial charge is 0.489 e. The summed E-state index contributed by atoms with van der Waals surface area (Å²) in [4.78, 5) is 14.2. The number of allylic oxidation sites excluding steroid dienone is 1. The number of guanidine groups is 1. The number of nitrogens with zero attached hydrogens (tertiary/aromatic N) is 3. The van der Waals surface area contributed by atoms with Gasteiger partial charge < -0.3 is 15.6 Å². The minimum absolute atomic E-state index is 0.0300. The molecule has 2 heterocycles. The topological polar surface area (TPSA) is 84.7 Å². The molecule has 3 unspecified atom stereocenters. The van der Waals surface area contributed by atoms with Crippen molar-refractivity contribution in [3.63, 3.8) is 0 Å². The zero-order chi connectivity index (χ0) is 23.8. The fourth-order valence-electron chi connectivity index (χ4n) is 4.44. The highest BCUT2D eigenvalue weighted by Crippen LogP contribution is 2.49. The Hall–Kier alpha value is -3.41. The van der Waals surface area contributed by atoms with Crippen molar-refractivity contribution in [3.8, 4) is 16.9 Å². The molecule has 2 aromatic rings. The second-order valence-corrected chi connectivity index (χ2v) is 8.64. The van der Waals surface area contributed by atoms with E-state index in [2.05, 4.69) is 15.9 Å². The van der Waals surface area contributed by atoms with Crippen LogP contribution >= 0.6 is 0 Å². The standard InChI is InChI=1S/C25H27FN4O3/c1-15(2)9-17(7-8-31)23-14-25(29-24(27)30(4)33-25)21-12-16(5-6-22(21)32-23)18-10-19(26)13-20(11-18)28-3/h5-6,9-13,17,23,31H,7-8,14H2,1-2,4H3,(H2,27,29). The molecule has 172 valence electrons. The molecule has 4 rings (SSSR count). The van der Waals surface area contributed by atoms with Crippen molar-refractivity contribution in [1.82, 2.24) is 5.06 Å². The third kappa shape index (κ3) is 4.42. The van der Waals surface area contributed by atoms with Gasteiger partial charge in [-0.05, 0) is 61.7 Å². The molecular formula is C25H27FN4O3. The number of halogens is 1. The molecule has 0 aromatic heterocycles. The Kier molecular flexibility index (Phi) is 6.11. The number of aliphatic hydroxyl groups is 1. The molecule has 7 nitrogen and oxygen atoms in total. The van der Waals surface area contributed by atoms with Gasteiger partial charge in [0.15, 0.2) is 5.69 Å². The quantitative estimate of drug-likeness (QED) is 0.517. The van der Waals surface area contributed by atoms with Gasteiger partial charge in [-0.2, -0.15) is 0 Å². The molecule has 3 N–H and O–H groups in total. The molecule has 0 amide bonds. The van der Waals surface area contributed by atoms with Gasteiger partial charge in [0.05, 0.1) is 12.1 Å². The fourth-order valence-corrected chi connectivity index (χ4v) is 4.44. The van der Waals surface area contributed by atoms with Gasteiger partial charge >= 0.3 is 0 Å². The highest BCUT2D eigenvalue weighted by Gasteiger charge is 2.49. The lowest BCUT2D eigenvalue weighted by Gasteiger charge is -2.39. The van der Waals surface area contributed by atoms with Crippen LogP contribution < -0.4 is 10.5 Å². The number of nitrogens with two attached hydrogens (primary N) is 1. The van der Waals surface area contributed by atoms with E-state index in [-0.39, 0.29) is 30.3 Å². The summed E-state index contributed by atoms with van der Waals surface area (Å²) in [6, 6.07) is 9.72. The van der Waals surface area contributed by atoms with Crippen molar-refractivity contribution in [3.05, 3.63) is 70.8 Å². The van der Waals surface area contributed by atoms with Crippen LogP contribution in [-0.2, 0) is 10.6 Å². The predicted octanol–water partition coefficient (Wildman–Crippen LogP) is 4.50. The van der Waals surface area contributed by atoms with Gasteiger partial charge in [-0.1, -0.05) is 17.7 Å². The average molecular weight is 451 g/mol. The number of rotatable bonds is 5. The molecule has 1 spiro atoms. The fraction of sp³-hybridized carbons (Fsp3) is 0.360. The number of aliphatic hydroxyl groups excluding tert-OH is 1. The van der Waals surface area contributed by atoms with Crippen LogP contribution in [0.1, 0.15) is 32.3 Å². The summed E-state index contributed by atoms with van der Waals surface area (Å²) in [5.74, 6) is 0.317. The number of ether oxygens (including phenoxy) is 1. The lowest BCUT2D eigenvalue weighted by atomic mass is 9.84.